The van der Waals surface area contributed by atoms with Crippen LogP contribution in [0.5, 0.6) is 0 Å². The lowest BCUT2D eigenvalue weighted by Gasteiger charge is -2.62. The predicted molar refractivity (Wildman–Crippen MR) is 130 cm³/mol. The van der Waals surface area contributed by atoms with Crippen molar-refractivity contribution in [2.24, 2.45) is 52.3 Å². The van der Waals surface area contributed by atoms with Gasteiger partial charge in [-0.05, 0) is 97.7 Å². The summed E-state index contributed by atoms with van der Waals surface area (Å²) in [5, 5.41) is 10.4. The van der Waals surface area contributed by atoms with E-state index in [1.54, 1.807) is 6.92 Å². The molecule has 5 unspecified atom stereocenters. The highest BCUT2D eigenvalue weighted by atomic mass is 16.5. The normalized spacial score (nSPS) is 46.8. The zero-order chi connectivity index (χ0) is 23.3. The fourth-order valence-electron chi connectivity index (χ4n) is 9.54. The molecule has 4 fully saturated rings. The van der Waals surface area contributed by atoms with Crippen molar-refractivity contribution >= 4 is 5.97 Å². The summed E-state index contributed by atoms with van der Waals surface area (Å²) in [5.41, 5.74) is 0.705. The first-order chi connectivity index (χ1) is 15.1. The smallest absolute Gasteiger partial charge is 0.302 e. The van der Waals surface area contributed by atoms with Crippen LogP contribution in [-0.2, 0) is 9.53 Å². The molecule has 3 heteroatoms. The molecule has 4 saturated carbocycles. The van der Waals surface area contributed by atoms with E-state index < -0.39 is 0 Å². The van der Waals surface area contributed by atoms with Gasteiger partial charge in [0.25, 0.3) is 0 Å². The lowest BCUT2D eigenvalue weighted by atomic mass is 9.43. The Balaban J connectivity index is 1.57. The molecule has 0 amide bonds. The van der Waals surface area contributed by atoms with Gasteiger partial charge in [-0.2, -0.15) is 0 Å². The lowest BCUT2D eigenvalue weighted by Crippen LogP contribution is -2.59. The summed E-state index contributed by atoms with van der Waals surface area (Å²) in [5.74, 6) is 4.65. The first kappa shape index (κ1) is 24.6. The Morgan fingerprint density at radius 2 is 1.66 bits per heavy atom. The van der Waals surface area contributed by atoms with Crippen LogP contribution >= 0.6 is 0 Å². The van der Waals surface area contributed by atoms with Crippen LogP contribution in [-0.4, -0.2) is 23.3 Å². The molecule has 32 heavy (non-hydrogen) atoms. The summed E-state index contributed by atoms with van der Waals surface area (Å²) in [4.78, 5) is 12.1. The van der Waals surface area contributed by atoms with Crippen molar-refractivity contribution in [3.8, 4) is 0 Å². The summed E-state index contributed by atoms with van der Waals surface area (Å²) >= 11 is 0. The summed E-state index contributed by atoms with van der Waals surface area (Å²) in [7, 11) is 0. The predicted octanol–water partition coefficient (Wildman–Crippen LogP) is 7.01. The number of hydrogen-bond donors (Lipinski definition) is 1. The molecule has 4 aliphatic carbocycles. The van der Waals surface area contributed by atoms with Crippen LogP contribution in [0, 0.1) is 52.3 Å². The van der Waals surface area contributed by atoms with Gasteiger partial charge >= 0.3 is 5.97 Å². The molecule has 0 spiro atoms. The summed E-state index contributed by atoms with van der Waals surface area (Å²) < 4.78 is 6.11. The Kier molecular flexibility index (Phi) is 7.08. The zero-order valence-corrected chi connectivity index (χ0v) is 21.7. The van der Waals surface area contributed by atoms with Gasteiger partial charge in [-0.25, -0.2) is 0 Å². The van der Waals surface area contributed by atoms with Gasteiger partial charge in [0.2, 0.25) is 0 Å². The van der Waals surface area contributed by atoms with Crippen molar-refractivity contribution in [2.45, 2.75) is 124 Å². The number of carbonyl (C=O) groups is 1. The van der Waals surface area contributed by atoms with Crippen LogP contribution in [0.15, 0.2) is 0 Å². The molecule has 0 aromatic rings. The molecule has 1 N–H and O–H groups in total. The monoisotopic (exact) mass is 446 g/mol. The van der Waals surface area contributed by atoms with Crippen molar-refractivity contribution in [3.05, 3.63) is 0 Å². The van der Waals surface area contributed by atoms with Gasteiger partial charge < -0.3 is 9.84 Å². The van der Waals surface area contributed by atoms with E-state index in [0.29, 0.717) is 34.5 Å². The highest BCUT2D eigenvalue weighted by molar-refractivity contribution is 5.66. The molecule has 0 aliphatic heterocycles. The second-order valence-electron chi connectivity index (χ2n) is 13.3. The van der Waals surface area contributed by atoms with Gasteiger partial charge in [-0.3, -0.25) is 4.79 Å². The van der Waals surface area contributed by atoms with Gasteiger partial charge in [0.05, 0.1) is 6.10 Å². The number of rotatable bonds is 6. The number of aliphatic hydroxyl groups excluding tert-OH is 1. The molecule has 10 atom stereocenters. The molecule has 0 aromatic heterocycles. The summed E-state index contributed by atoms with van der Waals surface area (Å²) in [6, 6.07) is 0. The molecule has 184 valence electrons. The van der Waals surface area contributed by atoms with E-state index in [4.69, 9.17) is 4.74 Å². The van der Waals surface area contributed by atoms with Gasteiger partial charge in [0.1, 0.15) is 6.10 Å². The summed E-state index contributed by atoms with van der Waals surface area (Å²) in [6.07, 6.45) is 13.2. The average molecular weight is 447 g/mol. The molecular weight excluding hydrogens is 396 g/mol. The fraction of sp³-hybridized carbons (Fsp3) is 0.966. The topological polar surface area (TPSA) is 46.5 Å². The maximum atomic E-state index is 12.1. The van der Waals surface area contributed by atoms with Crippen LogP contribution in [0.1, 0.15) is 112 Å². The fourth-order valence-corrected chi connectivity index (χ4v) is 9.54. The van der Waals surface area contributed by atoms with E-state index in [0.717, 1.165) is 43.4 Å². The van der Waals surface area contributed by atoms with E-state index in [2.05, 4.69) is 34.6 Å². The highest BCUT2D eigenvalue weighted by Gasteiger charge is 2.63. The first-order valence-electron chi connectivity index (χ1n) is 13.9. The number of ether oxygens (including phenoxy) is 1. The maximum absolute atomic E-state index is 12.1. The minimum absolute atomic E-state index is 0.0560. The van der Waals surface area contributed by atoms with Crippen LogP contribution in [0.4, 0.5) is 0 Å². The van der Waals surface area contributed by atoms with Crippen molar-refractivity contribution in [1.29, 1.82) is 0 Å². The number of carbonyl (C=O) groups excluding carboxylic acids is 1. The van der Waals surface area contributed by atoms with Crippen LogP contribution in [0.3, 0.4) is 0 Å². The number of esters is 1. The second-order valence-corrected chi connectivity index (χ2v) is 13.3. The highest BCUT2D eigenvalue weighted by Crippen LogP contribution is 2.68. The van der Waals surface area contributed by atoms with Crippen LogP contribution in [0.2, 0.25) is 0 Å². The van der Waals surface area contributed by atoms with Crippen molar-refractivity contribution in [3.63, 3.8) is 0 Å². The molecule has 0 radical (unpaired) electrons. The zero-order valence-electron chi connectivity index (χ0n) is 21.7. The third-order valence-corrected chi connectivity index (χ3v) is 11.1. The Labute approximate surface area is 197 Å². The molecular formula is C29H50O3. The molecule has 0 saturated heterocycles. The van der Waals surface area contributed by atoms with Crippen molar-refractivity contribution < 1.29 is 14.6 Å². The lowest BCUT2D eigenvalue weighted by molar-refractivity contribution is -0.194. The van der Waals surface area contributed by atoms with E-state index >= 15 is 0 Å². The third kappa shape index (κ3) is 4.29. The minimum atomic E-state index is -0.168. The van der Waals surface area contributed by atoms with E-state index in [1.807, 2.05) is 0 Å². The van der Waals surface area contributed by atoms with Crippen molar-refractivity contribution in [2.75, 3.05) is 0 Å². The largest absolute Gasteiger partial charge is 0.462 e. The van der Waals surface area contributed by atoms with E-state index in [9.17, 15) is 9.90 Å². The quantitative estimate of drug-likeness (QED) is 0.446. The molecule has 4 aliphatic rings. The molecule has 3 nitrogen and oxygen atoms in total. The van der Waals surface area contributed by atoms with Crippen molar-refractivity contribution in [1.82, 2.24) is 0 Å². The average Bonchev–Trinajstić information content (AvgIpc) is 3.05. The van der Waals surface area contributed by atoms with Gasteiger partial charge in [-0.1, -0.05) is 53.9 Å². The van der Waals surface area contributed by atoms with Crippen LogP contribution < -0.4 is 0 Å². The Morgan fingerprint density at radius 1 is 0.969 bits per heavy atom. The molecule has 0 bridgehead atoms. The van der Waals surface area contributed by atoms with Crippen LogP contribution in [0.25, 0.3) is 0 Å². The third-order valence-electron chi connectivity index (χ3n) is 11.1. The minimum Gasteiger partial charge on any atom is -0.462 e. The maximum Gasteiger partial charge on any atom is 0.302 e. The molecule has 0 aromatic carbocycles. The van der Waals surface area contributed by atoms with Gasteiger partial charge in [-0.15, -0.1) is 0 Å². The first-order valence-corrected chi connectivity index (χ1v) is 13.9. The Morgan fingerprint density at radius 3 is 2.34 bits per heavy atom. The summed E-state index contributed by atoms with van der Waals surface area (Å²) in [6.45, 7) is 13.9. The standard InChI is InChI=1S/C29H50O3/c1-18(2)8-7-9-19(3)23-10-11-24-27-25(13-15-29(23,24)6)28(5)14-12-22(31)16-21(28)17-26(27)32-20(4)30/h18-19,21-27,31H,7-17H2,1-6H3/t19?,21-,22+,23-,24?,25?,26?,27?,28+,29-/m1/s1. The number of hydrogen-bond acceptors (Lipinski definition) is 3. The Bertz CT molecular complexity index is 673. The van der Waals surface area contributed by atoms with Gasteiger partial charge in [0.15, 0.2) is 0 Å². The second kappa shape index (κ2) is 9.23. The van der Waals surface area contributed by atoms with Gasteiger partial charge in [0, 0.05) is 12.8 Å². The number of fused-ring (bicyclic) bond motifs is 5. The van der Waals surface area contributed by atoms with E-state index in [1.165, 1.54) is 44.9 Å². The van der Waals surface area contributed by atoms with E-state index in [-0.39, 0.29) is 18.2 Å². The molecule has 4 rings (SSSR count). The Hall–Kier alpha value is -0.570. The molecule has 0 heterocycles. The number of aliphatic hydroxyl groups is 1. The SMILES string of the molecule is CC(=O)OC1C[C@H]2C[C@@H](O)CC[C@]2(C)C2CC[C@@]3(C)C(CC[C@@H]3C(C)CCCC(C)C)C12.